The van der Waals surface area contributed by atoms with Crippen LogP contribution >= 0.6 is 11.6 Å². The van der Waals surface area contributed by atoms with Crippen LogP contribution in [0.2, 0.25) is 5.02 Å². The van der Waals surface area contributed by atoms with Gasteiger partial charge in [0.05, 0.1) is 5.52 Å². The Hall–Kier alpha value is -4.89. The highest BCUT2D eigenvalue weighted by Gasteiger charge is 2.33. The van der Waals surface area contributed by atoms with E-state index in [1.807, 2.05) is 55.5 Å². The molecule has 5 aromatic rings. The summed E-state index contributed by atoms with van der Waals surface area (Å²) in [5, 5.41) is 11.9. The van der Waals surface area contributed by atoms with Gasteiger partial charge in [0.1, 0.15) is 18.1 Å². The number of aryl methyl sites for hydroxylation is 1. The number of halogens is 1. The van der Waals surface area contributed by atoms with Crippen LogP contribution in [0, 0.1) is 6.92 Å². The minimum Gasteiger partial charge on any atom is -0.454 e. The first-order valence-electron chi connectivity index (χ1n) is 13.0. The molecule has 0 radical (unpaired) electrons. The maximum absolute atomic E-state index is 14.2. The van der Waals surface area contributed by atoms with Gasteiger partial charge in [-0.05, 0) is 60.0 Å². The van der Waals surface area contributed by atoms with Crippen molar-refractivity contribution < 1.29 is 19.1 Å². The van der Waals surface area contributed by atoms with Gasteiger partial charge in [0.2, 0.25) is 12.7 Å². The molecule has 1 unspecified atom stereocenters. The van der Waals surface area contributed by atoms with Gasteiger partial charge in [0.25, 0.3) is 5.91 Å². The van der Waals surface area contributed by atoms with E-state index in [1.54, 1.807) is 52.0 Å². The van der Waals surface area contributed by atoms with Gasteiger partial charge in [-0.15, -0.1) is 5.10 Å². The normalized spacial score (nSPS) is 12.7. The Labute approximate surface area is 241 Å². The van der Waals surface area contributed by atoms with E-state index in [0.717, 1.165) is 16.6 Å². The van der Waals surface area contributed by atoms with Crippen LogP contribution < -0.4 is 14.8 Å². The van der Waals surface area contributed by atoms with Crippen molar-refractivity contribution in [3.8, 4) is 11.5 Å². The summed E-state index contributed by atoms with van der Waals surface area (Å²) in [5.41, 5.74) is 4.45. The average molecular weight is 568 g/mol. The summed E-state index contributed by atoms with van der Waals surface area (Å²) in [4.78, 5) is 29.8. The molecule has 6 rings (SSSR count). The van der Waals surface area contributed by atoms with Gasteiger partial charge in [0, 0.05) is 23.3 Å². The molecular weight excluding hydrogens is 542 g/mol. The summed E-state index contributed by atoms with van der Waals surface area (Å²) in [7, 11) is 0. The second kappa shape index (κ2) is 11.3. The van der Waals surface area contributed by atoms with Gasteiger partial charge >= 0.3 is 0 Å². The first-order valence-corrected chi connectivity index (χ1v) is 13.4. The Morgan fingerprint density at radius 1 is 0.976 bits per heavy atom. The van der Waals surface area contributed by atoms with Crippen molar-refractivity contribution in [3.05, 3.63) is 113 Å². The van der Waals surface area contributed by atoms with Crippen molar-refractivity contribution in [2.24, 2.45) is 0 Å². The van der Waals surface area contributed by atoms with Crippen molar-refractivity contribution in [3.63, 3.8) is 0 Å². The van der Waals surface area contributed by atoms with E-state index in [4.69, 9.17) is 21.1 Å². The van der Waals surface area contributed by atoms with E-state index in [2.05, 4.69) is 15.6 Å². The zero-order chi connectivity index (χ0) is 28.3. The minimum absolute atomic E-state index is 0.103. The third kappa shape index (κ3) is 5.57. The molecule has 2 amide bonds. The summed E-state index contributed by atoms with van der Waals surface area (Å²) < 4.78 is 12.4. The molecule has 9 nitrogen and oxygen atoms in total. The molecule has 1 N–H and O–H groups in total. The van der Waals surface area contributed by atoms with Crippen LogP contribution in [0.3, 0.4) is 0 Å². The zero-order valence-electron chi connectivity index (χ0n) is 22.2. The molecule has 0 saturated carbocycles. The number of carbonyl (C=O) groups is 2. The second-order valence-corrected chi connectivity index (χ2v) is 10.1. The third-order valence-corrected chi connectivity index (χ3v) is 7.27. The van der Waals surface area contributed by atoms with Crippen molar-refractivity contribution in [1.82, 2.24) is 19.9 Å². The van der Waals surface area contributed by atoms with E-state index >= 15 is 0 Å². The van der Waals surface area contributed by atoms with E-state index in [0.29, 0.717) is 33.3 Å². The standard InChI is InChI=1S/C31H26ClN5O4/c1-20-6-2-3-7-22(20)17-36(29(38)18-37-26-9-5-4-8-25(26)34-35-37)30(21-10-12-23(32)13-11-21)31(39)33-24-14-15-27-28(16-24)41-19-40-27/h2-16,30H,17-19H2,1H3,(H,33,39). The van der Waals surface area contributed by atoms with Gasteiger partial charge in [-0.3, -0.25) is 9.59 Å². The Morgan fingerprint density at radius 2 is 1.73 bits per heavy atom. The molecule has 1 aromatic heterocycles. The van der Waals surface area contributed by atoms with E-state index in [-0.39, 0.29) is 25.8 Å². The highest BCUT2D eigenvalue weighted by Crippen LogP contribution is 2.35. The average Bonchev–Trinajstić information content (AvgIpc) is 3.61. The number of hydrogen-bond donors (Lipinski definition) is 1. The molecule has 2 heterocycles. The number of para-hydroxylation sites is 1. The molecule has 1 aliphatic rings. The quantitative estimate of drug-likeness (QED) is 0.265. The fraction of sp³-hybridized carbons (Fsp3) is 0.161. The van der Waals surface area contributed by atoms with Crippen LogP contribution in [0.4, 0.5) is 5.69 Å². The smallest absolute Gasteiger partial charge is 0.251 e. The summed E-state index contributed by atoms with van der Waals surface area (Å²) in [6.45, 7) is 2.19. The lowest BCUT2D eigenvalue weighted by atomic mass is 10.0. The van der Waals surface area contributed by atoms with E-state index in [9.17, 15) is 9.59 Å². The second-order valence-electron chi connectivity index (χ2n) is 9.70. The predicted octanol–water partition coefficient (Wildman–Crippen LogP) is 5.53. The lowest BCUT2D eigenvalue weighted by molar-refractivity contribution is -0.140. The maximum Gasteiger partial charge on any atom is 0.251 e. The SMILES string of the molecule is Cc1ccccc1CN(C(=O)Cn1nnc2ccccc21)C(C(=O)Nc1ccc2c(c1)OCO2)c1ccc(Cl)cc1. The van der Waals surface area contributed by atoms with Gasteiger partial charge in [-0.2, -0.15) is 0 Å². The van der Waals surface area contributed by atoms with Crippen LogP contribution in [0.5, 0.6) is 11.5 Å². The van der Waals surface area contributed by atoms with Crippen molar-refractivity contribution in [1.29, 1.82) is 0 Å². The van der Waals surface area contributed by atoms with Gasteiger partial charge in [-0.1, -0.05) is 65.3 Å². The lowest BCUT2D eigenvalue weighted by Crippen LogP contribution is -2.42. The largest absolute Gasteiger partial charge is 0.454 e. The number of hydrogen-bond acceptors (Lipinski definition) is 6. The Bertz CT molecular complexity index is 1740. The van der Waals surface area contributed by atoms with Crippen LogP contribution in [0.25, 0.3) is 11.0 Å². The number of anilines is 1. The molecule has 0 fully saturated rings. The number of rotatable bonds is 8. The molecule has 1 aliphatic heterocycles. The van der Waals surface area contributed by atoms with Gasteiger partial charge < -0.3 is 19.7 Å². The Kier molecular flexibility index (Phi) is 7.26. The molecule has 0 saturated heterocycles. The number of amides is 2. The lowest BCUT2D eigenvalue weighted by Gasteiger charge is -2.32. The number of nitrogens with zero attached hydrogens (tertiary/aromatic N) is 4. The first-order chi connectivity index (χ1) is 20.0. The van der Waals surface area contributed by atoms with Gasteiger partial charge in [0.15, 0.2) is 11.5 Å². The molecule has 10 heteroatoms. The zero-order valence-corrected chi connectivity index (χ0v) is 22.9. The maximum atomic E-state index is 14.2. The number of ether oxygens (including phenoxy) is 2. The van der Waals surface area contributed by atoms with E-state index in [1.165, 1.54) is 0 Å². The first kappa shape index (κ1) is 26.3. The summed E-state index contributed by atoms with van der Waals surface area (Å²) >= 11 is 6.20. The molecule has 0 spiro atoms. The fourth-order valence-corrected chi connectivity index (χ4v) is 4.98. The van der Waals surface area contributed by atoms with Crippen LogP contribution in [-0.2, 0) is 22.7 Å². The fourth-order valence-electron chi connectivity index (χ4n) is 4.85. The molecular formula is C31H26ClN5O4. The van der Waals surface area contributed by atoms with Gasteiger partial charge in [-0.25, -0.2) is 4.68 Å². The monoisotopic (exact) mass is 567 g/mol. The molecule has 1 atom stereocenters. The van der Waals surface area contributed by atoms with Crippen molar-refractivity contribution in [2.45, 2.75) is 26.1 Å². The van der Waals surface area contributed by atoms with Crippen molar-refractivity contribution >= 4 is 40.1 Å². The molecule has 206 valence electrons. The molecule has 0 bridgehead atoms. The summed E-state index contributed by atoms with van der Waals surface area (Å²) in [5.74, 6) is 0.451. The van der Waals surface area contributed by atoms with Crippen molar-refractivity contribution in [2.75, 3.05) is 12.1 Å². The van der Waals surface area contributed by atoms with Crippen LogP contribution in [0.15, 0.2) is 91.0 Å². The third-order valence-electron chi connectivity index (χ3n) is 7.01. The predicted molar refractivity (Wildman–Crippen MR) is 155 cm³/mol. The summed E-state index contributed by atoms with van der Waals surface area (Å²) in [6, 6.07) is 26.3. The number of carbonyl (C=O) groups excluding carboxylic acids is 2. The van der Waals surface area contributed by atoms with E-state index < -0.39 is 11.9 Å². The minimum atomic E-state index is -0.986. The molecule has 0 aliphatic carbocycles. The van der Waals surface area contributed by atoms with Crippen LogP contribution in [-0.4, -0.2) is 38.5 Å². The number of nitrogens with one attached hydrogen (secondary N) is 1. The number of aromatic nitrogens is 3. The number of benzene rings is 4. The Morgan fingerprint density at radius 3 is 2.56 bits per heavy atom. The highest BCUT2D eigenvalue weighted by atomic mass is 35.5. The Balaban J connectivity index is 1.39. The summed E-state index contributed by atoms with van der Waals surface area (Å²) in [6.07, 6.45) is 0. The van der Waals surface area contributed by atoms with Crippen LogP contribution in [0.1, 0.15) is 22.7 Å². The molecule has 4 aromatic carbocycles. The number of fused-ring (bicyclic) bond motifs is 2. The molecule has 41 heavy (non-hydrogen) atoms. The highest BCUT2D eigenvalue weighted by molar-refractivity contribution is 6.30. The topological polar surface area (TPSA) is 98.6 Å².